The molecule has 5 heteroatoms. The van der Waals surface area contributed by atoms with Gasteiger partial charge in [-0.25, -0.2) is 9.37 Å². The van der Waals surface area contributed by atoms with Gasteiger partial charge in [-0.2, -0.15) is 0 Å². The normalized spacial score (nSPS) is 14.7. The van der Waals surface area contributed by atoms with Crippen molar-refractivity contribution >= 4 is 5.69 Å². The highest BCUT2D eigenvalue weighted by molar-refractivity contribution is 5.49. The molecule has 1 aromatic heterocycles. The molecule has 3 rings (SSSR count). The van der Waals surface area contributed by atoms with Crippen molar-refractivity contribution in [2.45, 2.75) is 19.6 Å². The first kappa shape index (κ1) is 11.2. The van der Waals surface area contributed by atoms with E-state index in [0.717, 1.165) is 24.5 Å². The van der Waals surface area contributed by atoms with Gasteiger partial charge in [0.2, 0.25) is 0 Å². The second-order valence-electron chi connectivity index (χ2n) is 4.45. The maximum atomic E-state index is 14.0. The van der Waals surface area contributed by atoms with Crippen LogP contribution in [-0.4, -0.2) is 16.1 Å². The van der Waals surface area contributed by atoms with Crippen LogP contribution in [0.4, 0.5) is 10.1 Å². The molecule has 0 saturated carbocycles. The number of aromatic nitrogens is 2. The Balaban J connectivity index is 1.88. The van der Waals surface area contributed by atoms with Crippen LogP contribution in [0.5, 0.6) is 0 Å². The summed E-state index contributed by atoms with van der Waals surface area (Å²) in [6.07, 6.45) is 3.74. The predicted octanol–water partition coefficient (Wildman–Crippen LogP) is 1.50. The fraction of sp³-hybridized carbons (Fsp3) is 0.308. The van der Waals surface area contributed by atoms with Crippen molar-refractivity contribution in [3.63, 3.8) is 0 Å². The molecule has 1 aliphatic heterocycles. The summed E-state index contributed by atoms with van der Waals surface area (Å²) >= 11 is 0. The second kappa shape index (κ2) is 4.42. The molecule has 94 valence electrons. The van der Waals surface area contributed by atoms with E-state index < -0.39 is 0 Å². The fourth-order valence-corrected chi connectivity index (χ4v) is 2.31. The Bertz CT molecular complexity index is 564. The highest BCUT2D eigenvalue weighted by Crippen LogP contribution is 2.24. The molecule has 2 aromatic rings. The third-order valence-electron chi connectivity index (χ3n) is 3.33. The zero-order valence-electron chi connectivity index (χ0n) is 10.0. The monoisotopic (exact) mass is 246 g/mol. The molecule has 0 aliphatic carbocycles. The van der Waals surface area contributed by atoms with Crippen molar-refractivity contribution in [3.05, 3.63) is 47.8 Å². The van der Waals surface area contributed by atoms with E-state index in [-0.39, 0.29) is 5.82 Å². The third kappa shape index (κ3) is 1.86. The number of hydrogen-bond acceptors (Lipinski definition) is 3. The lowest BCUT2D eigenvalue weighted by molar-refractivity contribution is 0.543. The Morgan fingerprint density at radius 2 is 2.22 bits per heavy atom. The number of anilines is 1. The van der Waals surface area contributed by atoms with Crippen molar-refractivity contribution in [1.82, 2.24) is 9.55 Å². The van der Waals surface area contributed by atoms with Gasteiger partial charge in [-0.05, 0) is 17.7 Å². The fourth-order valence-electron chi connectivity index (χ4n) is 2.31. The van der Waals surface area contributed by atoms with Gasteiger partial charge in [0, 0.05) is 32.0 Å². The molecule has 0 fully saturated rings. The summed E-state index contributed by atoms with van der Waals surface area (Å²) in [5, 5.41) is 0. The molecule has 0 amide bonds. The number of benzene rings is 1. The van der Waals surface area contributed by atoms with Crippen molar-refractivity contribution in [2.24, 2.45) is 5.73 Å². The zero-order chi connectivity index (χ0) is 12.5. The van der Waals surface area contributed by atoms with Gasteiger partial charge in [-0.1, -0.05) is 6.07 Å². The van der Waals surface area contributed by atoms with Crippen molar-refractivity contribution in [2.75, 3.05) is 11.4 Å². The SMILES string of the molecule is NCc1ccc(N2CCn3ccnc3C2)c(F)c1. The van der Waals surface area contributed by atoms with E-state index in [4.69, 9.17) is 5.73 Å². The summed E-state index contributed by atoms with van der Waals surface area (Å²) in [7, 11) is 0. The van der Waals surface area contributed by atoms with Gasteiger partial charge < -0.3 is 15.2 Å². The second-order valence-corrected chi connectivity index (χ2v) is 4.45. The third-order valence-corrected chi connectivity index (χ3v) is 3.33. The number of imidazole rings is 1. The topological polar surface area (TPSA) is 47.1 Å². The molecule has 2 heterocycles. The average Bonchev–Trinajstić information content (AvgIpc) is 2.85. The van der Waals surface area contributed by atoms with Crippen LogP contribution in [-0.2, 0) is 19.6 Å². The van der Waals surface area contributed by atoms with E-state index in [1.165, 1.54) is 6.07 Å². The number of halogens is 1. The summed E-state index contributed by atoms with van der Waals surface area (Å²) in [6, 6.07) is 5.19. The van der Waals surface area contributed by atoms with Crippen LogP contribution in [0.25, 0.3) is 0 Å². The quantitative estimate of drug-likeness (QED) is 0.873. The maximum absolute atomic E-state index is 14.0. The van der Waals surface area contributed by atoms with Crippen molar-refractivity contribution in [3.8, 4) is 0 Å². The molecule has 4 nitrogen and oxygen atoms in total. The maximum Gasteiger partial charge on any atom is 0.146 e. The molecule has 18 heavy (non-hydrogen) atoms. The molecule has 0 radical (unpaired) electrons. The lowest BCUT2D eigenvalue weighted by Crippen LogP contribution is -2.34. The van der Waals surface area contributed by atoms with Crippen LogP contribution in [0.1, 0.15) is 11.4 Å². The molecule has 1 aromatic carbocycles. The lowest BCUT2D eigenvalue weighted by Gasteiger charge is -2.30. The minimum atomic E-state index is -0.210. The lowest BCUT2D eigenvalue weighted by atomic mass is 10.1. The van der Waals surface area contributed by atoms with Crippen molar-refractivity contribution < 1.29 is 4.39 Å². The Kier molecular flexibility index (Phi) is 2.76. The van der Waals surface area contributed by atoms with Gasteiger partial charge in [0.15, 0.2) is 0 Å². The smallest absolute Gasteiger partial charge is 0.146 e. The zero-order valence-corrected chi connectivity index (χ0v) is 10.0. The van der Waals surface area contributed by atoms with Crippen LogP contribution in [0, 0.1) is 5.82 Å². The van der Waals surface area contributed by atoms with Crippen LogP contribution in [0.15, 0.2) is 30.6 Å². The van der Waals surface area contributed by atoms with Crippen molar-refractivity contribution in [1.29, 1.82) is 0 Å². The highest BCUT2D eigenvalue weighted by atomic mass is 19.1. The van der Waals surface area contributed by atoms with E-state index in [2.05, 4.69) is 9.55 Å². The van der Waals surface area contributed by atoms with Crippen LogP contribution < -0.4 is 10.6 Å². The Morgan fingerprint density at radius 1 is 1.33 bits per heavy atom. The van der Waals surface area contributed by atoms with E-state index in [1.54, 1.807) is 12.3 Å². The number of rotatable bonds is 2. The van der Waals surface area contributed by atoms with Gasteiger partial charge in [0.1, 0.15) is 11.6 Å². The minimum absolute atomic E-state index is 0.210. The van der Waals surface area contributed by atoms with E-state index in [0.29, 0.717) is 18.8 Å². The molecule has 2 N–H and O–H groups in total. The van der Waals surface area contributed by atoms with E-state index >= 15 is 0 Å². The molecule has 0 saturated heterocycles. The first-order valence-electron chi connectivity index (χ1n) is 6.01. The molecule has 1 aliphatic rings. The van der Waals surface area contributed by atoms with Crippen LogP contribution in [0.2, 0.25) is 0 Å². The summed E-state index contributed by atoms with van der Waals surface area (Å²) in [5.74, 6) is 0.765. The van der Waals surface area contributed by atoms with Gasteiger partial charge in [-0.3, -0.25) is 0 Å². The molecule has 0 bridgehead atoms. The summed E-state index contributed by atoms with van der Waals surface area (Å²) in [4.78, 5) is 6.29. The minimum Gasteiger partial charge on any atom is -0.360 e. The number of nitrogens with zero attached hydrogens (tertiary/aromatic N) is 3. The summed E-state index contributed by atoms with van der Waals surface area (Å²) in [6.45, 7) is 2.64. The molecule has 0 atom stereocenters. The molecular formula is C13H15FN4. The van der Waals surface area contributed by atoms with E-state index in [1.807, 2.05) is 17.2 Å². The Labute approximate surface area is 105 Å². The molecule has 0 unspecified atom stereocenters. The van der Waals surface area contributed by atoms with Crippen LogP contribution >= 0.6 is 0 Å². The standard InChI is InChI=1S/C13H15FN4/c14-11-7-10(8-15)1-2-12(11)18-6-5-17-4-3-16-13(17)9-18/h1-4,7H,5-6,8-9,15H2. The van der Waals surface area contributed by atoms with Gasteiger partial charge in [-0.15, -0.1) is 0 Å². The van der Waals surface area contributed by atoms with Gasteiger partial charge in [0.05, 0.1) is 12.2 Å². The number of nitrogens with two attached hydrogens (primary N) is 1. The first-order valence-corrected chi connectivity index (χ1v) is 6.01. The highest BCUT2D eigenvalue weighted by Gasteiger charge is 2.19. The van der Waals surface area contributed by atoms with Gasteiger partial charge in [0.25, 0.3) is 0 Å². The molecular weight excluding hydrogens is 231 g/mol. The number of fused-ring (bicyclic) bond motifs is 1. The van der Waals surface area contributed by atoms with Gasteiger partial charge >= 0.3 is 0 Å². The summed E-state index contributed by atoms with van der Waals surface area (Å²) < 4.78 is 16.1. The van der Waals surface area contributed by atoms with Crippen LogP contribution in [0.3, 0.4) is 0 Å². The largest absolute Gasteiger partial charge is 0.360 e. The first-order chi connectivity index (χ1) is 8.78. The Hall–Kier alpha value is -1.88. The molecule has 0 spiro atoms. The summed E-state index contributed by atoms with van der Waals surface area (Å²) in [5.41, 5.74) is 6.94. The average molecular weight is 246 g/mol. The predicted molar refractivity (Wildman–Crippen MR) is 67.6 cm³/mol. The number of hydrogen-bond donors (Lipinski definition) is 1. The van der Waals surface area contributed by atoms with E-state index in [9.17, 15) is 4.39 Å². The Morgan fingerprint density at radius 3 is 3.00 bits per heavy atom.